The predicted molar refractivity (Wildman–Crippen MR) is 74.4 cm³/mol. The van der Waals surface area contributed by atoms with Gasteiger partial charge in [0.15, 0.2) is 0 Å². The molecule has 100 valence electrons. The summed E-state index contributed by atoms with van der Waals surface area (Å²) in [4.78, 5) is 12.1. The lowest BCUT2D eigenvalue weighted by Crippen LogP contribution is -2.27. The van der Waals surface area contributed by atoms with Gasteiger partial charge in [-0.15, -0.1) is 0 Å². The highest BCUT2D eigenvalue weighted by Crippen LogP contribution is 2.18. The molecule has 0 radical (unpaired) electrons. The van der Waals surface area contributed by atoms with Crippen LogP contribution in [0.5, 0.6) is 0 Å². The summed E-state index contributed by atoms with van der Waals surface area (Å²) in [6.45, 7) is 4.27. The van der Waals surface area contributed by atoms with Crippen LogP contribution >= 0.6 is 0 Å². The molecule has 4 N–H and O–H groups in total. The van der Waals surface area contributed by atoms with E-state index >= 15 is 0 Å². The number of amides is 1. The average molecular weight is 258 g/mol. The number of nitrogens with zero attached hydrogens (tertiary/aromatic N) is 1. The molecule has 5 heteroatoms. The van der Waals surface area contributed by atoms with Crippen LogP contribution in [0.25, 0.3) is 0 Å². The Kier molecular flexibility index (Phi) is 3.85. The summed E-state index contributed by atoms with van der Waals surface area (Å²) < 4.78 is 0. The highest BCUT2D eigenvalue weighted by molar-refractivity contribution is 5.83. The van der Waals surface area contributed by atoms with Gasteiger partial charge in [-0.25, -0.2) is 0 Å². The summed E-state index contributed by atoms with van der Waals surface area (Å²) in [7, 11) is 0. The molecule has 0 aliphatic heterocycles. The number of carbonyl (C=O) groups is 1. The van der Waals surface area contributed by atoms with Crippen LogP contribution in [0.3, 0.4) is 0 Å². The minimum absolute atomic E-state index is 0.0220. The monoisotopic (exact) mass is 258 g/mol. The molecule has 0 bridgehead atoms. The van der Waals surface area contributed by atoms with Crippen LogP contribution in [-0.2, 0) is 11.3 Å². The lowest BCUT2D eigenvalue weighted by molar-refractivity contribution is -0.122. The number of carbonyl (C=O) groups excluding carboxylic acids is 1. The number of hydrogen-bond acceptors (Lipinski definition) is 3. The van der Waals surface area contributed by atoms with Crippen molar-refractivity contribution in [2.75, 3.05) is 5.73 Å². The Hall–Kier alpha value is -2.30. The van der Waals surface area contributed by atoms with Crippen LogP contribution in [0.15, 0.2) is 30.5 Å². The first kappa shape index (κ1) is 13.1. The first-order valence-corrected chi connectivity index (χ1v) is 6.20. The summed E-state index contributed by atoms with van der Waals surface area (Å²) in [5.41, 5.74) is 9.27. The van der Waals surface area contributed by atoms with E-state index in [1.165, 1.54) is 0 Å². The fourth-order valence-electron chi connectivity index (χ4n) is 1.87. The molecule has 0 saturated heterocycles. The van der Waals surface area contributed by atoms with E-state index in [0.29, 0.717) is 12.2 Å². The maximum atomic E-state index is 12.1. The highest BCUT2D eigenvalue weighted by atomic mass is 16.1. The van der Waals surface area contributed by atoms with E-state index < -0.39 is 0 Å². The molecule has 0 spiro atoms. The number of nitrogens with two attached hydrogens (primary N) is 1. The van der Waals surface area contributed by atoms with Crippen molar-refractivity contribution >= 4 is 11.6 Å². The number of rotatable bonds is 4. The van der Waals surface area contributed by atoms with Gasteiger partial charge in [-0.05, 0) is 31.5 Å². The number of benzene rings is 1. The molecule has 1 unspecified atom stereocenters. The van der Waals surface area contributed by atoms with Crippen molar-refractivity contribution < 1.29 is 4.79 Å². The molecule has 19 heavy (non-hydrogen) atoms. The maximum absolute atomic E-state index is 12.1. The van der Waals surface area contributed by atoms with Crippen LogP contribution in [0.2, 0.25) is 0 Å². The third-order valence-corrected chi connectivity index (χ3v) is 3.19. The number of nitrogens with one attached hydrogen (secondary N) is 2. The Balaban J connectivity index is 1.98. The second kappa shape index (κ2) is 5.56. The molecule has 1 aromatic heterocycles. The largest absolute Gasteiger partial charge is 0.399 e. The molecule has 2 aromatic rings. The Morgan fingerprint density at radius 2 is 2.32 bits per heavy atom. The molecule has 1 amide bonds. The zero-order valence-corrected chi connectivity index (χ0v) is 11.1. The Bertz CT molecular complexity index is 576. The topological polar surface area (TPSA) is 83.8 Å². The average Bonchev–Trinajstić information content (AvgIpc) is 2.80. The summed E-state index contributed by atoms with van der Waals surface area (Å²) in [6, 6.07) is 7.40. The van der Waals surface area contributed by atoms with E-state index in [0.717, 1.165) is 16.8 Å². The van der Waals surface area contributed by atoms with Gasteiger partial charge >= 0.3 is 0 Å². The second-order valence-electron chi connectivity index (χ2n) is 4.63. The molecule has 2 rings (SSSR count). The van der Waals surface area contributed by atoms with Crippen molar-refractivity contribution in [3.63, 3.8) is 0 Å². The van der Waals surface area contributed by atoms with E-state index in [-0.39, 0.29) is 11.8 Å². The van der Waals surface area contributed by atoms with E-state index in [1.807, 2.05) is 38.1 Å². The van der Waals surface area contributed by atoms with Crippen LogP contribution in [0.4, 0.5) is 5.69 Å². The normalized spacial score (nSPS) is 12.1. The van der Waals surface area contributed by atoms with Gasteiger partial charge < -0.3 is 11.1 Å². The summed E-state index contributed by atoms with van der Waals surface area (Å²) in [5.74, 6) is -0.248. The van der Waals surface area contributed by atoms with Crippen molar-refractivity contribution in [1.29, 1.82) is 0 Å². The summed E-state index contributed by atoms with van der Waals surface area (Å²) >= 11 is 0. The number of H-pyrrole nitrogens is 1. The summed E-state index contributed by atoms with van der Waals surface area (Å²) in [6.07, 6.45) is 1.72. The van der Waals surface area contributed by atoms with Crippen LogP contribution in [0, 0.1) is 6.92 Å². The van der Waals surface area contributed by atoms with Crippen molar-refractivity contribution in [3.8, 4) is 0 Å². The molecule has 5 nitrogen and oxygen atoms in total. The van der Waals surface area contributed by atoms with Crippen LogP contribution in [-0.4, -0.2) is 16.1 Å². The molecule has 1 atom stereocenters. The van der Waals surface area contributed by atoms with Crippen molar-refractivity contribution in [3.05, 3.63) is 47.3 Å². The number of aromatic amines is 1. The lowest BCUT2D eigenvalue weighted by Gasteiger charge is -2.12. The van der Waals surface area contributed by atoms with Crippen molar-refractivity contribution in [2.24, 2.45) is 0 Å². The van der Waals surface area contributed by atoms with Gasteiger partial charge in [-0.3, -0.25) is 9.89 Å². The molecule has 0 aliphatic rings. The van der Waals surface area contributed by atoms with Crippen LogP contribution in [0.1, 0.15) is 29.7 Å². The Morgan fingerprint density at radius 1 is 1.53 bits per heavy atom. The third-order valence-electron chi connectivity index (χ3n) is 3.19. The van der Waals surface area contributed by atoms with Gasteiger partial charge in [-0.1, -0.05) is 12.1 Å². The number of anilines is 1. The molecular formula is C14H18N4O. The predicted octanol–water partition coefficient (Wildman–Crippen LogP) is 1.72. The maximum Gasteiger partial charge on any atom is 0.227 e. The molecule has 1 heterocycles. The molecular weight excluding hydrogens is 240 g/mol. The second-order valence-corrected chi connectivity index (χ2v) is 4.63. The molecule has 0 fully saturated rings. The zero-order valence-electron chi connectivity index (χ0n) is 11.1. The third kappa shape index (κ3) is 3.13. The smallest absolute Gasteiger partial charge is 0.227 e. The van der Waals surface area contributed by atoms with E-state index in [4.69, 9.17) is 5.73 Å². The fourth-order valence-corrected chi connectivity index (χ4v) is 1.87. The van der Waals surface area contributed by atoms with E-state index in [9.17, 15) is 4.79 Å². The van der Waals surface area contributed by atoms with Gasteiger partial charge in [0, 0.05) is 23.5 Å². The quantitative estimate of drug-likeness (QED) is 0.730. The minimum atomic E-state index is -0.226. The Labute approximate surface area is 112 Å². The van der Waals surface area contributed by atoms with Crippen molar-refractivity contribution in [1.82, 2.24) is 15.5 Å². The van der Waals surface area contributed by atoms with Gasteiger partial charge in [0.1, 0.15) is 0 Å². The zero-order chi connectivity index (χ0) is 13.8. The van der Waals surface area contributed by atoms with E-state index in [1.54, 1.807) is 6.20 Å². The van der Waals surface area contributed by atoms with Gasteiger partial charge in [0.25, 0.3) is 0 Å². The number of nitrogen functional groups attached to an aromatic ring is 1. The highest BCUT2D eigenvalue weighted by Gasteiger charge is 2.15. The summed E-state index contributed by atoms with van der Waals surface area (Å²) in [5, 5.41) is 9.67. The standard InChI is InChI=1S/C14H18N4O/c1-9(11-4-3-5-13(15)6-11)14(19)16-7-12-8-17-18-10(12)2/h3-6,8-9H,7,15H2,1-2H3,(H,16,19)(H,17,18). The SMILES string of the molecule is Cc1[nH]ncc1CNC(=O)C(C)c1cccc(N)c1. The van der Waals surface area contributed by atoms with Crippen molar-refractivity contribution in [2.45, 2.75) is 26.3 Å². The number of aromatic nitrogens is 2. The van der Waals surface area contributed by atoms with Gasteiger partial charge in [0.05, 0.1) is 12.1 Å². The Morgan fingerprint density at radius 3 is 2.95 bits per heavy atom. The lowest BCUT2D eigenvalue weighted by atomic mass is 10.00. The van der Waals surface area contributed by atoms with Gasteiger partial charge in [-0.2, -0.15) is 5.10 Å². The number of aryl methyl sites for hydroxylation is 1. The van der Waals surface area contributed by atoms with E-state index in [2.05, 4.69) is 15.5 Å². The minimum Gasteiger partial charge on any atom is -0.399 e. The molecule has 0 saturated carbocycles. The molecule has 1 aromatic carbocycles. The number of hydrogen-bond donors (Lipinski definition) is 3. The molecule has 0 aliphatic carbocycles. The first-order valence-electron chi connectivity index (χ1n) is 6.20. The van der Waals surface area contributed by atoms with Gasteiger partial charge in [0.2, 0.25) is 5.91 Å². The van der Waals surface area contributed by atoms with Crippen LogP contribution < -0.4 is 11.1 Å². The first-order chi connectivity index (χ1) is 9.08. The fraction of sp³-hybridized carbons (Fsp3) is 0.286.